The van der Waals surface area contributed by atoms with Crippen molar-refractivity contribution in [2.45, 2.75) is 32.6 Å². The maximum absolute atomic E-state index is 10.6. The van der Waals surface area contributed by atoms with E-state index in [1.54, 1.807) is 0 Å². The molecular weight excluding hydrogens is 424 g/mol. The van der Waals surface area contributed by atoms with E-state index in [1.165, 1.54) is 70.0 Å². The smallest absolute Gasteiger partial charge is 0.335 e. The van der Waals surface area contributed by atoms with E-state index < -0.39 is 11.9 Å². The number of carboxylic acids is 2. The molecule has 2 aliphatic rings. The molecule has 4 nitrogen and oxygen atoms in total. The van der Waals surface area contributed by atoms with Crippen molar-refractivity contribution in [3.05, 3.63) is 103 Å². The Bertz CT molecular complexity index is 1420. The molecule has 5 heteroatoms. The van der Waals surface area contributed by atoms with Crippen molar-refractivity contribution in [1.82, 2.24) is 0 Å². The molecule has 0 amide bonds. The number of rotatable bonds is 2. The molecule has 0 bridgehead atoms. The van der Waals surface area contributed by atoms with E-state index in [-0.39, 0.29) is 16.7 Å². The summed E-state index contributed by atoms with van der Waals surface area (Å²) in [6.07, 6.45) is 6.78. The van der Waals surface area contributed by atoms with Gasteiger partial charge in [-0.05, 0) is 82.3 Å². The van der Waals surface area contributed by atoms with Gasteiger partial charge in [-0.1, -0.05) is 60.1 Å². The molecule has 0 saturated carbocycles. The zero-order chi connectivity index (χ0) is 22.8. The second kappa shape index (κ2) is 9.01. The fourth-order valence-electron chi connectivity index (χ4n) is 4.50. The molecule has 0 heterocycles. The summed E-state index contributed by atoms with van der Waals surface area (Å²) in [4.78, 5) is 21.2. The second-order valence-corrected chi connectivity index (χ2v) is 8.42. The molecule has 32 heavy (non-hydrogen) atoms. The van der Waals surface area contributed by atoms with Crippen LogP contribution in [0.5, 0.6) is 0 Å². The molecule has 2 N–H and O–H groups in total. The maximum Gasteiger partial charge on any atom is 0.335 e. The minimum absolute atomic E-state index is 0.0277. The molecule has 3 aromatic carbocycles. The maximum atomic E-state index is 10.6. The van der Waals surface area contributed by atoms with Crippen molar-refractivity contribution in [3.8, 4) is 0 Å². The van der Waals surface area contributed by atoms with E-state index in [9.17, 15) is 9.59 Å². The van der Waals surface area contributed by atoms with Gasteiger partial charge in [0.1, 0.15) is 0 Å². The number of aromatic carboxylic acids is 2. The fraction of sp³-hybridized carbons (Fsp3) is 0.185. The van der Waals surface area contributed by atoms with Crippen molar-refractivity contribution in [2.75, 3.05) is 0 Å². The Morgan fingerprint density at radius 2 is 1.44 bits per heavy atom. The molecular formula is C27H23ClO4. The minimum Gasteiger partial charge on any atom is -0.478 e. The SMILES string of the molecule is Cc1c(C(=O)O)cccc1C(=O)O.ClC1=c2ccc3c(c2CCC1)CC=c1ccccc1=3. The number of carboxylic acid groups (broad SMARTS) is 2. The summed E-state index contributed by atoms with van der Waals surface area (Å²) in [5, 5.41) is 23.8. The van der Waals surface area contributed by atoms with Crippen molar-refractivity contribution >= 4 is 34.6 Å². The van der Waals surface area contributed by atoms with E-state index in [0.29, 0.717) is 0 Å². The Hall–Kier alpha value is -3.37. The lowest BCUT2D eigenvalue weighted by atomic mass is 9.89. The Balaban J connectivity index is 0.000000166. The second-order valence-electron chi connectivity index (χ2n) is 7.96. The van der Waals surface area contributed by atoms with Crippen LogP contribution in [0.3, 0.4) is 0 Å². The number of benzene rings is 3. The zero-order valence-corrected chi connectivity index (χ0v) is 18.4. The first-order valence-electron chi connectivity index (χ1n) is 10.5. The van der Waals surface area contributed by atoms with Crippen molar-refractivity contribution < 1.29 is 19.8 Å². The highest BCUT2D eigenvalue weighted by molar-refractivity contribution is 6.45. The fourth-order valence-corrected chi connectivity index (χ4v) is 4.82. The van der Waals surface area contributed by atoms with Crippen molar-refractivity contribution in [1.29, 1.82) is 0 Å². The number of hydrogen-bond acceptors (Lipinski definition) is 2. The Morgan fingerprint density at radius 1 is 0.781 bits per heavy atom. The summed E-state index contributed by atoms with van der Waals surface area (Å²) in [6.45, 7) is 1.48. The van der Waals surface area contributed by atoms with E-state index in [0.717, 1.165) is 17.9 Å². The summed E-state index contributed by atoms with van der Waals surface area (Å²) in [5.41, 5.74) is 3.32. The van der Waals surface area contributed by atoms with Crippen molar-refractivity contribution in [2.24, 2.45) is 0 Å². The predicted molar refractivity (Wildman–Crippen MR) is 125 cm³/mol. The van der Waals surface area contributed by atoms with Crippen LogP contribution in [0.4, 0.5) is 0 Å². The molecule has 0 unspecified atom stereocenters. The van der Waals surface area contributed by atoms with Gasteiger partial charge in [0.25, 0.3) is 0 Å². The van der Waals surface area contributed by atoms with Gasteiger partial charge in [0.15, 0.2) is 0 Å². The van der Waals surface area contributed by atoms with Crippen LogP contribution in [0.25, 0.3) is 11.1 Å². The van der Waals surface area contributed by atoms with Crippen LogP contribution in [0.15, 0.2) is 54.6 Å². The van der Waals surface area contributed by atoms with Gasteiger partial charge in [0.2, 0.25) is 0 Å². The Morgan fingerprint density at radius 3 is 2.12 bits per heavy atom. The number of hydrogen-bond donors (Lipinski definition) is 2. The van der Waals surface area contributed by atoms with Crippen molar-refractivity contribution in [3.63, 3.8) is 0 Å². The summed E-state index contributed by atoms with van der Waals surface area (Å²) in [5.74, 6) is -2.22. The summed E-state index contributed by atoms with van der Waals surface area (Å²) >= 11 is 6.40. The molecule has 5 rings (SSSR count). The average molecular weight is 447 g/mol. The highest BCUT2D eigenvalue weighted by atomic mass is 35.5. The highest BCUT2D eigenvalue weighted by Crippen LogP contribution is 2.22. The third-order valence-electron chi connectivity index (χ3n) is 6.12. The topological polar surface area (TPSA) is 74.6 Å². The minimum atomic E-state index is -1.11. The molecule has 162 valence electrons. The van der Waals surface area contributed by atoms with Gasteiger partial charge >= 0.3 is 11.9 Å². The van der Waals surface area contributed by atoms with Crippen LogP contribution in [0, 0.1) is 17.4 Å². The van der Waals surface area contributed by atoms with Gasteiger partial charge in [-0.15, -0.1) is 0 Å². The molecule has 3 aromatic rings. The highest BCUT2D eigenvalue weighted by Gasteiger charge is 2.15. The lowest BCUT2D eigenvalue weighted by Gasteiger charge is -2.17. The largest absolute Gasteiger partial charge is 0.478 e. The molecule has 0 aromatic heterocycles. The van der Waals surface area contributed by atoms with Gasteiger partial charge in [0.05, 0.1) is 11.1 Å². The average Bonchev–Trinajstić information content (AvgIpc) is 2.79. The first-order valence-corrected chi connectivity index (χ1v) is 10.9. The quantitative estimate of drug-likeness (QED) is 0.612. The van der Waals surface area contributed by atoms with Crippen LogP contribution in [-0.2, 0) is 12.8 Å². The molecule has 0 atom stereocenters. The summed E-state index contributed by atoms with van der Waals surface area (Å²) < 4.78 is 0. The van der Waals surface area contributed by atoms with E-state index in [2.05, 4.69) is 42.5 Å². The van der Waals surface area contributed by atoms with E-state index in [4.69, 9.17) is 21.8 Å². The number of fused-ring (bicyclic) bond motifs is 4. The summed E-state index contributed by atoms with van der Waals surface area (Å²) in [6, 6.07) is 17.3. The molecule has 0 spiro atoms. The van der Waals surface area contributed by atoms with Gasteiger partial charge in [-0.3, -0.25) is 0 Å². The van der Waals surface area contributed by atoms with E-state index in [1.807, 2.05) is 0 Å². The van der Waals surface area contributed by atoms with Gasteiger partial charge in [0, 0.05) is 5.03 Å². The third-order valence-corrected chi connectivity index (χ3v) is 6.51. The first kappa shape index (κ1) is 21.8. The van der Waals surface area contributed by atoms with E-state index >= 15 is 0 Å². The first-order chi connectivity index (χ1) is 15.4. The van der Waals surface area contributed by atoms with Gasteiger partial charge < -0.3 is 10.2 Å². The van der Waals surface area contributed by atoms with Crippen LogP contribution < -0.4 is 10.4 Å². The van der Waals surface area contributed by atoms with Gasteiger partial charge in [-0.2, -0.15) is 0 Å². The lowest BCUT2D eigenvalue weighted by molar-refractivity contribution is 0.0696. The molecule has 0 saturated heterocycles. The Labute approximate surface area is 190 Å². The van der Waals surface area contributed by atoms with Crippen LogP contribution in [0.1, 0.15) is 50.2 Å². The summed E-state index contributed by atoms with van der Waals surface area (Å²) in [7, 11) is 0. The molecule has 0 radical (unpaired) electrons. The number of halogens is 1. The molecule has 2 aliphatic carbocycles. The lowest BCUT2D eigenvalue weighted by Crippen LogP contribution is -2.21. The normalized spacial score (nSPS) is 13.5. The molecule has 0 aliphatic heterocycles. The monoisotopic (exact) mass is 446 g/mol. The Kier molecular flexibility index (Phi) is 6.15. The van der Waals surface area contributed by atoms with Crippen LogP contribution >= 0.6 is 11.6 Å². The third kappa shape index (κ3) is 4.06. The number of carbonyl (C=O) groups is 2. The predicted octanol–water partition coefficient (Wildman–Crippen LogP) is 4.38. The standard InChI is InChI=1S/C18H15Cl.C9H8O4/c19-18-7-3-6-14-16-9-8-12-4-1-2-5-13(12)15(16)10-11-17(14)18;1-5-6(8(10)11)3-2-4-7(5)9(12)13/h1-2,4-5,8,10-11H,3,6-7,9H2;2-4H,1H3,(H,10,11)(H,12,13). The van der Waals surface area contributed by atoms with Crippen LogP contribution in [0.2, 0.25) is 0 Å². The zero-order valence-electron chi connectivity index (χ0n) is 17.7. The van der Waals surface area contributed by atoms with Gasteiger partial charge in [-0.25, -0.2) is 9.59 Å². The molecule has 0 fully saturated rings. The van der Waals surface area contributed by atoms with Crippen LogP contribution in [-0.4, -0.2) is 22.2 Å².